The number of aromatic nitrogens is 4. The van der Waals surface area contributed by atoms with Crippen LogP contribution in [0.1, 0.15) is 0 Å². The Morgan fingerprint density at radius 2 is 1.68 bits per heavy atom. The van der Waals surface area contributed by atoms with E-state index < -0.39 is 0 Å². The number of tetrazole rings is 1. The molecule has 0 bridgehead atoms. The summed E-state index contributed by atoms with van der Waals surface area (Å²) >= 11 is 7.64. The lowest BCUT2D eigenvalue weighted by molar-refractivity contribution is 0.640. The van der Waals surface area contributed by atoms with E-state index >= 15 is 0 Å². The summed E-state index contributed by atoms with van der Waals surface area (Å²) in [5, 5.41) is 16.3. The first-order valence-corrected chi connectivity index (χ1v) is 9.71. The van der Waals surface area contributed by atoms with Gasteiger partial charge in [0.1, 0.15) is 5.82 Å². The van der Waals surface area contributed by atoms with E-state index in [0.717, 1.165) is 31.8 Å². The quantitative estimate of drug-likeness (QED) is 0.387. The van der Waals surface area contributed by atoms with Crippen molar-refractivity contribution in [3.63, 3.8) is 0 Å². The number of hydrogen-bond donors (Lipinski definition) is 1. The highest BCUT2D eigenvalue weighted by Crippen LogP contribution is 2.44. The Bertz CT molecular complexity index is 1280. The molecule has 3 aromatic carbocycles. The lowest BCUT2D eigenvalue weighted by Crippen LogP contribution is -1.85. The van der Waals surface area contributed by atoms with Gasteiger partial charge in [0.15, 0.2) is 5.82 Å². The third-order valence-electron chi connectivity index (χ3n) is 4.58. The summed E-state index contributed by atoms with van der Waals surface area (Å²) in [5.41, 5.74) is 2.98. The number of nitrogens with zero attached hydrogens (tertiary/aromatic N) is 3. The molecule has 4 nitrogen and oxygen atoms in total. The van der Waals surface area contributed by atoms with Gasteiger partial charge in [0, 0.05) is 20.8 Å². The van der Waals surface area contributed by atoms with Crippen LogP contribution in [-0.4, -0.2) is 20.6 Å². The van der Waals surface area contributed by atoms with Crippen LogP contribution < -0.4 is 0 Å². The summed E-state index contributed by atoms with van der Waals surface area (Å²) in [6, 6.07) is 20.5. The van der Waals surface area contributed by atoms with Crippen molar-refractivity contribution in [1.82, 2.24) is 20.6 Å². The predicted octanol–water partition coefficient (Wildman–Crippen LogP) is 6.21. The minimum Gasteiger partial charge on any atom is -0.238 e. The summed E-state index contributed by atoms with van der Waals surface area (Å²) in [6.07, 6.45) is 0. The largest absolute Gasteiger partial charge is 0.238 e. The lowest BCUT2D eigenvalue weighted by atomic mass is 9.96. The zero-order valence-electron chi connectivity index (χ0n) is 14.4. The molecule has 0 fully saturated rings. The Balaban J connectivity index is 1.79. The van der Waals surface area contributed by atoms with Crippen LogP contribution in [-0.2, 0) is 0 Å². The Labute approximate surface area is 168 Å². The van der Waals surface area contributed by atoms with Crippen LogP contribution in [0, 0.1) is 5.82 Å². The Morgan fingerprint density at radius 1 is 0.893 bits per heavy atom. The number of thiophene rings is 1. The van der Waals surface area contributed by atoms with Gasteiger partial charge in [0.05, 0.1) is 4.88 Å². The van der Waals surface area contributed by atoms with Crippen molar-refractivity contribution >= 4 is 33.7 Å². The Kier molecular flexibility index (Phi) is 4.15. The predicted molar refractivity (Wildman–Crippen MR) is 111 cm³/mol. The summed E-state index contributed by atoms with van der Waals surface area (Å²) in [5.74, 6) is 0.361. The zero-order chi connectivity index (χ0) is 19.1. The molecule has 0 amide bonds. The van der Waals surface area contributed by atoms with E-state index in [-0.39, 0.29) is 5.82 Å². The van der Waals surface area contributed by atoms with Gasteiger partial charge >= 0.3 is 0 Å². The molecule has 5 rings (SSSR count). The average Bonchev–Trinajstić information content (AvgIpc) is 3.39. The highest BCUT2D eigenvalue weighted by Gasteiger charge is 2.18. The van der Waals surface area contributed by atoms with Crippen LogP contribution in [0.2, 0.25) is 5.02 Å². The second-order valence-corrected chi connectivity index (χ2v) is 7.74. The third kappa shape index (κ3) is 2.87. The molecule has 2 aromatic heterocycles. The molecule has 136 valence electrons. The highest BCUT2D eigenvalue weighted by molar-refractivity contribution is 7.19. The van der Waals surface area contributed by atoms with E-state index in [1.165, 1.54) is 6.07 Å². The third-order valence-corrected chi connectivity index (χ3v) is 6.02. The van der Waals surface area contributed by atoms with Crippen LogP contribution in [0.5, 0.6) is 0 Å². The molecular weight excluding hydrogens is 395 g/mol. The van der Waals surface area contributed by atoms with E-state index in [9.17, 15) is 4.39 Å². The van der Waals surface area contributed by atoms with Crippen LogP contribution >= 0.6 is 22.9 Å². The maximum Gasteiger partial charge on any atom is 0.189 e. The first kappa shape index (κ1) is 17.0. The number of halogens is 2. The molecule has 1 N–H and O–H groups in total. The van der Waals surface area contributed by atoms with Gasteiger partial charge in [-0.3, -0.25) is 0 Å². The summed E-state index contributed by atoms with van der Waals surface area (Å²) in [6.45, 7) is 0. The SMILES string of the molecule is Fc1ccc(-c2cc(-c3nnn[nH]3)sc2-c2ccc(Cl)cc2)c2ccccc12. The molecular formula is C21H12ClFN4S. The van der Waals surface area contributed by atoms with Crippen LogP contribution in [0.25, 0.3) is 43.0 Å². The molecule has 0 radical (unpaired) electrons. The topological polar surface area (TPSA) is 54.5 Å². The molecule has 2 heterocycles. The molecule has 0 atom stereocenters. The Hall–Kier alpha value is -3.09. The molecule has 0 saturated carbocycles. The fourth-order valence-electron chi connectivity index (χ4n) is 3.28. The molecule has 0 aliphatic carbocycles. The molecule has 5 aromatic rings. The van der Waals surface area contributed by atoms with E-state index in [0.29, 0.717) is 16.2 Å². The van der Waals surface area contributed by atoms with Crippen LogP contribution in [0.3, 0.4) is 0 Å². The normalized spacial score (nSPS) is 11.2. The van der Waals surface area contributed by atoms with Gasteiger partial charge in [0.2, 0.25) is 0 Å². The Morgan fingerprint density at radius 3 is 2.43 bits per heavy atom. The molecule has 0 saturated heterocycles. The van der Waals surface area contributed by atoms with E-state index in [4.69, 9.17) is 11.6 Å². The van der Waals surface area contributed by atoms with E-state index in [1.807, 2.05) is 54.6 Å². The maximum absolute atomic E-state index is 14.3. The number of benzene rings is 3. The van der Waals surface area contributed by atoms with Gasteiger partial charge in [-0.25, -0.2) is 9.49 Å². The molecule has 0 aliphatic rings. The van der Waals surface area contributed by atoms with Gasteiger partial charge in [-0.05, 0) is 51.2 Å². The van der Waals surface area contributed by atoms with Crippen LogP contribution in [0.4, 0.5) is 4.39 Å². The molecule has 0 unspecified atom stereocenters. The molecule has 0 spiro atoms. The number of fused-ring (bicyclic) bond motifs is 1. The maximum atomic E-state index is 14.3. The first-order chi connectivity index (χ1) is 13.7. The fourth-order valence-corrected chi connectivity index (χ4v) is 4.52. The van der Waals surface area contributed by atoms with Crippen molar-refractivity contribution < 1.29 is 4.39 Å². The minimum absolute atomic E-state index is 0.234. The van der Waals surface area contributed by atoms with Crippen molar-refractivity contribution in [2.24, 2.45) is 0 Å². The van der Waals surface area contributed by atoms with Crippen molar-refractivity contribution in [2.45, 2.75) is 0 Å². The lowest BCUT2D eigenvalue weighted by Gasteiger charge is -2.09. The standard InChI is InChI=1S/C21H12ClFN4S/c22-13-7-5-12(6-8-13)20-17(11-19(28-20)21-24-26-27-25-21)15-9-10-18(23)16-4-2-1-3-14(15)16/h1-11H,(H,24,25,26,27). The smallest absolute Gasteiger partial charge is 0.189 e. The summed E-state index contributed by atoms with van der Waals surface area (Å²) < 4.78 is 14.3. The van der Waals surface area contributed by atoms with Gasteiger partial charge in [0.25, 0.3) is 0 Å². The number of hydrogen-bond acceptors (Lipinski definition) is 4. The van der Waals surface area contributed by atoms with Gasteiger partial charge in [-0.15, -0.1) is 16.4 Å². The first-order valence-electron chi connectivity index (χ1n) is 8.52. The van der Waals surface area contributed by atoms with E-state index in [2.05, 4.69) is 20.6 Å². The second kappa shape index (κ2) is 6.82. The number of H-pyrrole nitrogens is 1. The minimum atomic E-state index is -0.234. The monoisotopic (exact) mass is 406 g/mol. The van der Waals surface area contributed by atoms with Gasteiger partial charge < -0.3 is 0 Å². The van der Waals surface area contributed by atoms with E-state index in [1.54, 1.807) is 17.4 Å². The fraction of sp³-hybridized carbons (Fsp3) is 0. The number of nitrogens with one attached hydrogen (secondary N) is 1. The molecule has 0 aliphatic heterocycles. The summed E-state index contributed by atoms with van der Waals surface area (Å²) in [7, 11) is 0. The molecule has 28 heavy (non-hydrogen) atoms. The van der Waals surface area contributed by atoms with Crippen molar-refractivity contribution in [3.05, 3.63) is 77.6 Å². The molecule has 7 heteroatoms. The summed E-state index contributed by atoms with van der Waals surface area (Å²) in [4.78, 5) is 1.94. The van der Waals surface area contributed by atoms with Crippen LogP contribution in [0.15, 0.2) is 66.7 Å². The second-order valence-electron chi connectivity index (χ2n) is 6.25. The highest BCUT2D eigenvalue weighted by atomic mass is 35.5. The van der Waals surface area contributed by atoms with Crippen molar-refractivity contribution in [2.75, 3.05) is 0 Å². The van der Waals surface area contributed by atoms with Crippen molar-refractivity contribution in [1.29, 1.82) is 0 Å². The van der Waals surface area contributed by atoms with Crippen molar-refractivity contribution in [3.8, 4) is 32.3 Å². The van der Waals surface area contributed by atoms with Gasteiger partial charge in [-0.1, -0.05) is 54.1 Å². The van der Waals surface area contributed by atoms with Gasteiger partial charge in [-0.2, -0.15) is 0 Å². The zero-order valence-corrected chi connectivity index (χ0v) is 15.9. The number of aromatic amines is 1. The number of rotatable bonds is 3. The average molecular weight is 407 g/mol.